The molecule has 0 fully saturated rings. The molecule has 1 N–H and O–H groups in total. The van der Waals surface area contributed by atoms with Gasteiger partial charge in [-0.1, -0.05) is 47.5 Å². The van der Waals surface area contributed by atoms with Gasteiger partial charge in [-0.2, -0.15) is 0 Å². The standard InChI is InChI=1S/C17H18ClNO/c1-13-8-10-15(11-9-13)17(20)19-12-4-6-14-5-2-3-7-16(14)18/h2-3,5,7-11H,4,6,12H2,1H3,(H,19,20). The fourth-order valence-corrected chi connectivity index (χ4v) is 2.22. The third kappa shape index (κ3) is 4.10. The normalized spacial score (nSPS) is 10.3. The van der Waals surface area contributed by atoms with E-state index in [4.69, 9.17) is 11.6 Å². The van der Waals surface area contributed by atoms with E-state index in [9.17, 15) is 4.79 Å². The molecule has 0 heterocycles. The Bertz CT molecular complexity index is 578. The van der Waals surface area contributed by atoms with Gasteiger partial charge in [-0.3, -0.25) is 4.79 Å². The number of amides is 1. The number of carbonyl (C=O) groups excluding carboxylic acids is 1. The smallest absolute Gasteiger partial charge is 0.251 e. The first-order valence-electron chi connectivity index (χ1n) is 6.75. The minimum Gasteiger partial charge on any atom is -0.352 e. The van der Waals surface area contributed by atoms with Crippen molar-refractivity contribution in [2.75, 3.05) is 6.54 Å². The molecule has 2 nitrogen and oxygen atoms in total. The van der Waals surface area contributed by atoms with Crippen molar-refractivity contribution in [1.82, 2.24) is 5.32 Å². The van der Waals surface area contributed by atoms with Crippen molar-refractivity contribution in [1.29, 1.82) is 0 Å². The van der Waals surface area contributed by atoms with Crippen LogP contribution in [0, 0.1) is 6.92 Å². The van der Waals surface area contributed by atoms with Crippen molar-refractivity contribution in [3.05, 3.63) is 70.2 Å². The van der Waals surface area contributed by atoms with Crippen molar-refractivity contribution in [3.63, 3.8) is 0 Å². The Morgan fingerprint density at radius 3 is 2.50 bits per heavy atom. The third-order valence-corrected chi connectivity index (χ3v) is 3.55. The number of nitrogens with one attached hydrogen (secondary N) is 1. The van der Waals surface area contributed by atoms with Gasteiger partial charge in [0.1, 0.15) is 0 Å². The number of carbonyl (C=O) groups is 1. The van der Waals surface area contributed by atoms with Crippen LogP contribution in [-0.4, -0.2) is 12.5 Å². The van der Waals surface area contributed by atoms with Gasteiger partial charge in [0, 0.05) is 17.1 Å². The number of halogens is 1. The number of aryl methyl sites for hydroxylation is 2. The first-order chi connectivity index (χ1) is 9.66. The Hall–Kier alpha value is -1.80. The molecular formula is C17H18ClNO. The zero-order valence-electron chi connectivity index (χ0n) is 11.5. The molecule has 2 rings (SSSR count). The summed E-state index contributed by atoms with van der Waals surface area (Å²) >= 11 is 6.09. The van der Waals surface area contributed by atoms with E-state index in [-0.39, 0.29) is 5.91 Å². The average Bonchev–Trinajstić information content (AvgIpc) is 2.46. The van der Waals surface area contributed by atoms with Crippen LogP contribution in [0.1, 0.15) is 27.9 Å². The average molecular weight is 288 g/mol. The summed E-state index contributed by atoms with van der Waals surface area (Å²) in [5.74, 6) is -0.0239. The van der Waals surface area contributed by atoms with E-state index in [2.05, 4.69) is 5.32 Å². The summed E-state index contributed by atoms with van der Waals surface area (Å²) < 4.78 is 0. The van der Waals surface area contributed by atoms with Crippen LogP contribution < -0.4 is 5.32 Å². The van der Waals surface area contributed by atoms with E-state index in [1.807, 2.05) is 55.5 Å². The van der Waals surface area contributed by atoms with Crippen LogP contribution in [0.3, 0.4) is 0 Å². The summed E-state index contributed by atoms with van der Waals surface area (Å²) in [6.07, 6.45) is 1.75. The first-order valence-corrected chi connectivity index (χ1v) is 7.13. The van der Waals surface area contributed by atoms with Crippen molar-refractivity contribution >= 4 is 17.5 Å². The molecule has 3 heteroatoms. The van der Waals surface area contributed by atoms with Gasteiger partial charge in [0.05, 0.1) is 0 Å². The highest BCUT2D eigenvalue weighted by Crippen LogP contribution is 2.16. The molecule has 0 aliphatic carbocycles. The second kappa shape index (κ2) is 7.11. The summed E-state index contributed by atoms with van der Waals surface area (Å²) in [4.78, 5) is 11.9. The fourth-order valence-electron chi connectivity index (χ4n) is 1.99. The lowest BCUT2D eigenvalue weighted by atomic mass is 10.1. The van der Waals surface area contributed by atoms with Gasteiger partial charge in [0.25, 0.3) is 5.91 Å². The van der Waals surface area contributed by atoms with Crippen LogP contribution in [0.25, 0.3) is 0 Å². The first kappa shape index (κ1) is 14.6. The monoisotopic (exact) mass is 287 g/mol. The Morgan fingerprint density at radius 2 is 1.80 bits per heavy atom. The predicted octanol–water partition coefficient (Wildman–Crippen LogP) is 4.01. The van der Waals surface area contributed by atoms with Crippen LogP contribution in [0.15, 0.2) is 48.5 Å². The van der Waals surface area contributed by atoms with E-state index in [0.29, 0.717) is 12.1 Å². The van der Waals surface area contributed by atoms with E-state index in [0.717, 1.165) is 29.0 Å². The third-order valence-electron chi connectivity index (χ3n) is 3.18. The molecule has 0 bridgehead atoms. The van der Waals surface area contributed by atoms with E-state index in [1.165, 1.54) is 0 Å². The molecule has 0 spiro atoms. The number of benzene rings is 2. The zero-order valence-corrected chi connectivity index (χ0v) is 12.3. The molecule has 0 saturated carbocycles. The van der Waals surface area contributed by atoms with E-state index >= 15 is 0 Å². The molecule has 0 aromatic heterocycles. The molecule has 0 aliphatic heterocycles. The van der Waals surface area contributed by atoms with Gasteiger partial charge in [-0.15, -0.1) is 0 Å². The SMILES string of the molecule is Cc1ccc(C(=O)NCCCc2ccccc2Cl)cc1. The van der Waals surface area contributed by atoms with Crippen molar-refractivity contribution in [2.45, 2.75) is 19.8 Å². The second-order valence-corrected chi connectivity index (χ2v) is 5.22. The van der Waals surface area contributed by atoms with Crippen molar-refractivity contribution in [3.8, 4) is 0 Å². The van der Waals surface area contributed by atoms with Gasteiger partial charge in [0.2, 0.25) is 0 Å². The maximum absolute atomic E-state index is 11.9. The Labute approximate surface area is 124 Å². The van der Waals surface area contributed by atoms with Crippen LogP contribution in [0.5, 0.6) is 0 Å². The molecule has 0 radical (unpaired) electrons. The van der Waals surface area contributed by atoms with E-state index in [1.54, 1.807) is 0 Å². The lowest BCUT2D eigenvalue weighted by Crippen LogP contribution is -2.24. The van der Waals surface area contributed by atoms with Gasteiger partial charge >= 0.3 is 0 Å². The molecule has 1 amide bonds. The molecule has 0 saturated heterocycles. The lowest BCUT2D eigenvalue weighted by Gasteiger charge is -2.06. The quantitative estimate of drug-likeness (QED) is 0.827. The van der Waals surface area contributed by atoms with E-state index < -0.39 is 0 Å². The largest absolute Gasteiger partial charge is 0.352 e. The highest BCUT2D eigenvalue weighted by atomic mass is 35.5. The van der Waals surface area contributed by atoms with Gasteiger partial charge < -0.3 is 5.32 Å². The summed E-state index contributed by atoms with van der Waals surface area (Å²) in [5.41, 5.74) is 2.98. The Morgan fingerprint density at radius 1 is 1.10 bits per heavy atom. The molecule has 0 unspecified atom stereocenters. The number of rotatable bonds is 5. The maximum atomic E-state index is 11.9. The van der Waals surface area contributed by atoms with Gasteiger partial charge in [-0.25, -0.2) is 0 Å². The molecule has 0 atom stereocenters. The van der Waals surface area contributed by atoms with Crippen LogP contribution in [0.2, 0.25) is 5.02 Å². The molecular weight excluding hydrogens is 270 g/mol. The van der Waals surface area contributed by atoms with Crippen LogP contribution >= 0.6 is 11.6 Å². The number of hydrogen-bond donors (Lipinski definition) is 1. The highest BCUT2D eigenvalue weighted by molar-refractivity contribution is 6.31. The molecule has 20 heavy (non-hydrogen) atoms. The number of hydrogen-bond acceptors (Lipinski definition) is 1. The summed E-state index contributed by atoms with van der Waals surface area (Å²) in [7, 11) is 0. The fraction of sp³-hybridized carbons (Fsp3) is 0.235. The molecule has 0 aliphatic rings. The van der Waals surface area contributed by atoms with Crippen molar-refractivity contribution < 1.29 is 4.79 Å². The van der Waals surface area contributed by atoms with Crippen molar-refractivity contribution in [2.24, 2.45) is 0 Å². The highest BCUT2D eigenvalue weighted by Gasteiger charge is 2.04. The molecule has 2 aromatic rings. The Kier molecular flexibility index (Phi) is 5.19. The summed E-state index contributed by atoms with van der Waals surface area (Å²) in [6, 6.07) is 15.4. The molecule has 104 valence electrons. The van der Waals surface area contributed by atoms with Crippen LogP contribution in [-0.2, 0) is 6.42 Å². The predicted molar refractivity (Wildman–Crippen MR) is 83.3 cm³/mol. The summed E-state index contributed by atoms with van der Waals surface area (Å²) in [6.45, 7) is 2.66. The lowest BCUT2D eigenvalue weighted by molar-refractivity contribution is 0.0953. The second-order valence-electron chi connectivity index (χ2n) is 4.82. The van der Waals surface area contributed by atoms with Gasteiger partial charge in [0.15, 0.2) is 0 Å². The minimum atomic E-state index is -0.0239. The summed E-state index contributed by atoms with van der Waals surface area (Å²) in [5, 5.41) is 3.72. The molecule has 2 aromatic carbocycles. The van der Waals surface area contributed by atoms with Gasteiger partial charge in [-0.05, 0) is 43.5 Å². The maximum Gasteiger partial charge on any atom is 0.251 e. The Balaban J connectivity index is 1.77. The van der Waals surface area contributed by atoms with Crippen LogP contribution in [0.4, 0.5) is 0 Å². The minimum absolute atomic E-state index is 0.0239. The zero-order chi connectivity index (χ0) is 14.4. The topological polar surface area (TPSA) is 29.1 Å².